The third kappa shape index (κ3) is 17.0. The fourth-order valence-electron chi connectivity index (χ4n) is 3.14. The van der Waals surface area contributed by atoms with E-state index in [1.54, 1.807) is 0 Å². The van der Waals surface area contributed by atoms with Crippen molar-refractivity contribution < 1.29 is 49.3 Å². The lowest BCUT2D eigenvalue weighted by molar-refractivity contribution is -0.715. The molecule has 0 bridgehead atoms. The largest absolute Gasteiger partial charge is 0.439 e. The number of carbonyl (C=O) groups is 2. The number of esters is 2. The van der Waals surface area contributed by atoms with Crippen LogP contribution in [-0.4, -0.2) is 138 Å². The summed E-state index contributed by atoms with van der Waals surface area (Å²) in [4.78, 5) is 89.4. The lowest BCUT2D eigenvalue weighted by Crippen LogP contribution is -2.48. The summed E-state index contributed by atoms with van der Waals surface area (Å²) in [5.41, 5.74) is 0. The van der Waals surface area contributed by atoms with E-state index in [4.69, 9.17) is 0 Å². The highest BCUT2D eigenvalue weighted by molar-refractivity contribution is 5.66. The molecule has 0 aliphatic carbocycles. The smallest absolute Gasteiger partial charge is 0.304 e. The first kappa shape index (κ1) is 39.1. The molecule has 0 aromatic heterocycles. The van der Waals surface area contributed by atoms with Gasteiger partial charge in [0.05, 0.1) is 13.1 Å². The number of unbranched alkanes of at least 4 members (excludes halogenated alkanes) is 2. The van der Waals surface area contributed by atoms with E-state index in [-0.39, 0.29) is 32.4 Å². The standard InChI is InChI=1S/C17H32N12O16/c1-16(30)44-14-22(28(40)41)10-8-20(26(36)37)12-18(24(32)33)6-4-3-5-7-19(25(34)35)13-21(27(38)39)9-11-23(29(42)43)15-45-17(2)31/h3-15H2,1-2H3. The number of carbonyl (C=O) groups excluding carboxylic acids is 2. The molecule has 0 spiro atoms. The van der Waals surface area contributed by atoms with E-state index < -0.39 is 95.1 Å². The lowest BCUT2D eigenvalue weighted by atomic mass is 10.2. The van der Waals surface area contributed by atoms with E-state index in [0.29, 0.717) is 30.1 Å². The van der Waals surface area contributed by atoms with E-state index >= 15 is 0 Å². The summed E-state index contributed by atoms with van der Waals surface area (Å²) < 4.78 is 8.96. The summed E-state index contributed by atoms with van der Waals surface area (Å²) >= 11 is 0. The molecule has 0 N–H and O–H groups in total. The molecule has 0 aliphatic heterocycles. The number of nitro groups is 6. The number of nitrogens with zero attached hydrogens (tertiary/aromatic N) is 12. The van der Waals surface area contributed by atoms with Crippen molar-refractivity contribution in [3.8, 4) is 0 Å². The lowest BCUT2D eigenvalue weighted by Gasteiger charge is -2.21. The van der Waals surface area contributed by atoms with E-state index in [1.807, 2.05) is 0 Å². The predicted octanol–water partition coefficient (Wildman–Crippen LogP) is -1.92. The Hall–Kier alpha value is -5.86. The minimum atomic E-state index is -1.02. The van der Waals surface area contributed by atoms with Gasteiger partial charge in [-0.1, -0.05) is 10.0 Å². The maximum absolute atomic E-state index is 11.4. The van der Waals surface area contributed by atoms with E-state index in [1.165, 1.54) is 0 Å². The van der Waals surface area contributed by atoms with Crippen molar-refractivity contribution in [2.24, 2.45) is 0 Å². The molecule has 0 fully saturated rings. The van der Waals surface area contributed by atoms with E-state index in [2.05, 4.69) is 9.47 Å². The van der Waals surface area contributed by atoms with Crippen molar-refractivity contribution in [1.82, 2.24) is 30.1 Å². The summed E-state index contributed by atoms with van der Waals surface area (Å²) in [6.45, 7) is -4.88. The van der Waals surface area contributed by atoms with Gasteiger partial charge in [0.1, 0.15) is 26.2 Å². The van der Waals surface area contributed by atoms with Crippen LogP contribution in [-0.2, 0) is 19.1 Å². The Morgan fingerprint density at radius 1 is 0.444 bits per heavy atom. The fraction of sp³-hybridized carbons (Fsp3) is 0.882. The van der Waals surface area contributed by atoms with Crippen LogP contribution in [0.2, 0.25) is 0 Å². The predicted molar refractivity (Wildman–Crippen MR) is 139 cm³/mol. The first-order valence-corrected chi connectivity index (χ1v) is 12.6. The molecule has 28 nitrogen and oxygen atoms in total. The molecule has 0 aromatic rings. The molecule has 0 unspecified atom stereocenters. The second kappa shape index (κ2) is 20.1. The number of rotatable bonds is 26. The van der Waals surface area contributed by atoms with Gasteiger partial charge in [-0.3, -0.25) is 9.59 Å². The van der Waals surface area contributed by atoms with Crippen LogP contribution in [0.1, 0.15) is 33.1 Å². The number of hydrogen-bond acceptors (Lipinski definition) is 16. The molecular weight excluding hydrogens is 628 g/mol. The normalized spacial score (nSPS) is 10.2. The van der Waals surface area contributed by atoms with Crippen molar-refractivity contribution in [1.29, 1.82) is 0 Å². The molecule has 256 valence electrons. The van der Waals surface area contributed by atoms with Crippen LogP contribution >= 0.6 is 0 Å². The molecule has 45 heavy (non-hydrogen) atoms. The zero-order chi connectivity index (χ0) is 34.7. The number of hydrazine groups is 6. The maximum atomic E-state index is 11.4. The van der Waals surface area contributed by atoms with Gasteiger partial charge in [0.2, 0.25) is 26.8 Å². The topological polar surface area (TPSA) is 331 Å². The van der Waals surface area contributed by atoms with E-state index in [0.717, 1.165) is 13.8 Å². The number of ether oxygens (including phenoxy) is 2. The van der Waals surface area contributed by atoms with Gasteiger partial charge in [-0.05, 0) is 19.3 Å². The Kier molecular flexibility index (Phi) is 17.5. The minimum Gasteiger partial charge on any atom is -0.439 e. The van der Waals surface area contributed by atoms with Crippen LogP contribution in [0.5, 0.6) is 0 Å². The quantitative estimate of drug-likeness (QED) is 0.0320. The van der Waals surface area contributed by atoms with Crippen molar-refractivity contribution in [2.45, 2.75) is 33.1 Å². The Bertz CT molecular complexity index is 986. The van der Waals surface area contributed by atoms with Crippen LogP contribution < -0.4 is 0 Å². The van der Waals surface area contributed by atoms with Crippen LogP contribution in [0, 0.1) is 60.7 Å². The highest BCUT2D eigenvalue weighted by Gasteiger charge is 2.29. The summed E-state index contributed by atoms with van der Waals surface area (Å²) in [6.07, 6.45) is 0.0531. The van der Waals surface area contributed by atoms with Crippen LogP contribution in [0.25, 0.3) is 0 Å². The zero-order valence-electron chi connectivity index (χ0n) is 24.1. The molecule has 0 rings (SSSR count). The molecule has 0 heterocycles. The molecule has 0 saturated carbocycles. The summed E-state index contributed by atoms with van der Waals surface area (Å²) in [5.74, 6) is -1.69. The molecule has 0 amide bonds. The van der Waals surface area contributed by atoms with Gasteiger partial charge in [0, 0.05) is 13.8 Å². The molecule has 28 heteroatoms. The molecule has 0 radical (unpaired) electrons. The van der Waals surface area contributed by atoms with Crippen molar-refractivity contribution in [3.05, 3.63) is 60.7 Å². The van der Waals surface area contributed by atoms with Crippen molar-refractivity contribution >= 4 is 11.9 Å². The Labute approximate surface area is 251 Å². The summed E-state index contributed by atoms with van der Waals surface area (Å²) in [7, 11) is 0. The Morgan fingerprint density at radius 2 is 0.689 bits per heavy atom. The molecule has 0 saturated heterocycles. The summed E-state index contributed by atoms with van der Waals surface area (Å²) in [6, 6.07) is 0. The van der Waals surface area contributed by atoms with Crippen molar-refractivity contribution in [3.63, 3.8) is 0 Å². The summed E-state index contributed by atoms with van der Waals surface area (Å²) in [5, 5.41) is 64.0. The number of hydrogen-bond donors (Lipinski definition) is 0. The van der Waals surface area contributed by atoms with Gasteiger partial charge in [-0.2, -0.15) is 0 Å². The van der Waals surface area contributed by atoms with Gasteiger partial charge >= 0.3 is 11.9 Å². The van der Waals surface area contributed by atoms with Crippen LogP contribution in [0.15, 0.2) is 0 Å². The Balaban J connectivity index is 5.03. The third-order valence-corrected chi connectivity index (χ3v) is 5.44. The highest BCUT2D eigenvalue weighted by Crippen LogP contribution is 2.06. The second-order valence-electron chi connectivity index (χ2n) is 8.68. The van der Waals surface area contributed by atoms with Crippen LogP contribution in [0.4, 0.5) is 0 Å². The maximum Gasteiger partial charge on any atom is 0.304 e. The third-order valence-electron chi connectivity index (χ3n) is 5.44. The van der Waals surface area contributed by atoms with Gasteiger partial charge < -0.3 is 9.47 Å². The second-order valence-corrected chi connectivity index (χ2v) is 8.68. The molecule has 0 aromatic carbocycles. The van der Waals surface area contributed by atoms with Crippen LogP contribution in [0.3, 0.4) is 0 Å². The van der Waals surface area contributed by atoms with Crippen molar-refractivity contribution in [2.75, 3.05) is 66.1 Å². The van der Waals surface area contributed by atoms with Gasteiger partial charge in [0.25, 0.3) is 0 Å². The average molecular weight is 661 g/mol. The van der Waals surface area contributed by atoms with E-state index in [9.17, 15) is 70.3 Å². The SMILES string of the molecule is CC(=O)OCN(CCN(CN(CCCCCN(CN(CCN(COC(C)=O)[N+](=O)[O-])[N+](=O)[O-])[N+](=O)[O-])[N+](=O)[O-])[N+](=O)[O-])[N+](=O)[O-]. The molecular formula is C17H32N12O16. The fourth-order valence-corrected chi connectivity index (χ4v) is 3.14. The zero-order valence-corrected chi connectivity index (χ0v) is 24.1. The average Bonchev–Trinajstić information content (AvgIpc) is 2.91. The molecule has 0 aliphatic rings. The Morgan fingerprint density at radius 3 is 0.933 bits per heavy atom. The highest BCUT2D eigenvalue weighted by atomic mass is 16.7. The van der Waals surface area contributed by atoms with Gasteiger partial charge in [0.15, 0.2) is 30.2 Å². The molecule has 0 atom stereocenters. The minimum absolute atomic E-state index is 0.0154. The first-order valence-electron chi connectivity index (χ1n) is 12.6. The van der Waals surface area contributed by atoms with Gasteiger partial charge in [-0.15, -0.1) is 20.0 Å². The first-order chi connectivity index (χ1) is 21.0. The monoisotopic (exact) mass is 660 g/mol. The van der Waals surface area contributed by atoms with Gasteiger partial charge in [-0.25, -0.2) is 60.7 Å².